The zero-order chi connectivity index (χ0) is 19.1. The fraction of sp³-hybridized carbons (Fsp3) is 0.158. The van der Waals surface area contributed by atoms with Crippen LogP contribution in [0.4, 0.5) is 11.4 Å². The van der Waals surface area contributed by atoms with Crippen LogP contribution in [0.25, 0.3) is 6.08 Å². The average Bonchev–Trinajstić information content (AvgIpc) is 2.59. The number of carbonyl (C=O) groups is 2. The van der Waals surface area contributed by atoms with Crippen molar-refractivity contribution in [3.05, 3.63) is 57.0 Å². The first-order chi connectivity index (χ1) is 12.4. The van der Waals surface area contributed by atoms with Gasteiger partial charge in [0.15, 0.2) is 0 Å². The summed E-state index contributed by atoms with van der Waals surface area (Å²) in [6.07, 6.45) is 3.49. The Labute approximate surface area is 169 Å². The van der Waals surface area contributed by atoms with Crippen molar-refractivity contribution in [1.29, 1.82) is 0 Å². The van der Waals surface area contributed by atoms with Crippen molar-refractivity contribution < 1.29 is 14.3 Å². The van der Waals surface area contributed by atoms with E-state index in [1.165, 1.54) is 6.08 Å². The Morgan fingerprint density at radius 3 is 2.46 bits per heavy atom. The van der Waals surface area contributed by atoms with Crippen molar-refractivity contribution in [3.63, 3.8) is 0 Å². The summed E-state index contributed by atoms with van der Waals surface area (Å²) >= 11 is 6.84. The van der Waals surface area contributed by atoms with Gasteiger partial charge in [0.25, 0.3) is 0 Å². The fourth-order valence-electron chi connectivity index (χ4n) is 2.19. The van der Waals surface area contributed by atoms with Crippen LogP contribution in [0.1, 0.15) is 18.9 Å². The van der Waals surface area contributed by atoms with Crippen LogP contribution in [-0.4, -0.2) is 18.9 Å². The lowest BCUT2D eigenvalue weighted by Crippen LogP contribution is -2.11. The number of methoxy groups -OCH3 is 1. The third-order valence-corrected chi connectivity index (χ3v) is 4.44. The molecule has 2 N–H and O–H groups in total. The standard InChI is InChI=1S/C19H18Br2N2O3/c1-3-17(24)22-14-5-4-6-15(11-14)23-18(25)8-7-12-9-13(20)10-16(21)19(12)26-2/h4-11H,3H2,1-2H3,(H,22,24)(H,23,25)/b8-7+. The van der Waals surface area contributed by atoms with Gasteiger partial charge in [-0.05, 0) is 52.3 Å². The molecule has 0 aliphatic heterocycles. The summed E-state index contributed by atoms with van der Waals surface area (Å²) in [5.41, 5.74) is 1.99. The van der Waals surface area contributed by atoms with Gasteiger partial charge in [-0.1, -0.05) is 28.9 Å². The number of benzene rings is 2. The molecule has 0 spiro atoms. The van der Waals surface area contributed by atoms with Crippen molar-refractivity contribution >= 4 is 61.1 Å². The Balaban J connectivity index is 2.11. The van der Waals surface area contributed by atoms with Crippen molar-refractivity contribution in [2.45, 2.75) is 13.3 Å². The molecule has 0 fully saturated rings. The first-order valence-corrected chi connectivity index (χ1v) is 9.43. The van der Waals surface area contributed by atoms with Crippen LogP contribution in [0.15, 0.2) is 51.4 Å². The molecule has 0 atom stereocenters. The molecule has 2 aromatic carbocycles. The fourth-order valence-corrected chi connectivity index (χ4v) is 3.61. The lowest BCUT2D eigenvalue weighted by Gasteiger charge is -2.09. The number of rotatable bonds is 6. The van der Waals surface area contributed by atoms with Crippen molar-refractivity contribution in [2.24, 2.45) is 0 Å². The smallest absolute Gasteiger partial charge is 0.248 e. The van der Waals surface area contributed by atoms with Gasteiger partial charge in [-0.2, -0.15) is 0 Å². The van der Waals surface area contributed by atoms with E-state index >= 15 is 0 Å². The SMILES string of the molecule is CCC(=O)Nc1cccc(NC(=O)/C=C/c2cc(Br)cc(Br)c2OC)c1. The molecule has 0 saturated heterocycles. The largest absolute Gasteiger partial charge is 0.495 e. The van der Waals surface area contributed by atoms with Crippen LogP contribution in [0, 0.1) is 0 Å². The lowest BCUT2D eigenvalue weighted by atomic mass is 10.2. The molecule has 0 heterocycles. The summed E-state index contributed by atoms with van der Waals surface area (Å²) in [6, 6.07) is 10.7. The average molecular weight is 482 g/mol. The van der Waals surface area contributed by atoms with Gasteiger partial charge in [0.05, 0.1) is 11.6 Å². The number of anilines is 2. The summed E-state index contributed by atoms with van der Waals surface area (Å²) in [5.74, 6) is 0.268. The van der Waals surface area contributed by atoms with Gasteiger partial charge in [-0.15, -0.1) is 0 Å². The molecule has 0 aliphatic rings. The highest BCUT2D eigenvalue weighted by Gasteiger charge is 2.08. The maximum atomic E-state index is 12.2. The van der Waals surface area contributed by atoms with E-state index in [2.05, 4.69) is 42.5 Å². The second-order valence-electron chi connectivity index (χ2n) is 5.32. The van der Waals surface area contributed by atoms with Gasteiger partial charge < -0.3 is 15.4 Å². The minimum absolute atomic E-state index is 0.0827. The summed E-state index contributed by atoms with van der Waals surface area (Å²) in [5, 5.41) is 5.52. The zero-order valence-corrected chi connectivity index (χ0v) is 17.5. The Hall–Kier alpha value is -2.12. The van der Waals surface area contributed by atoms with E-state index in [0.29, 0.717) is 23.5 Å². The number of halogens is 2. The Kier molecular flexibility index (Phi) is 7.41. The minimum atomic E-state index is -0.290. The Bertz CT molecular complexity index is 851. The Morgan fingerprint density at radius 1 is 1.12 bits per heavy atom. The molecule has 26 heavy (non-hydrogen) atoms. The molecule has 7 heteroatoms. The van der Waals surface area contributed by atoms with E-state index in [0.717, 1.165) is 14.5 Å². The molecule has 2 aromatic rings. The van der Waals surface area contributed by atoms with Gasteiger partial charge in [0, 0.05) is 33.9 Å². The number of hydrogen-bond acceptors (Lipinski definition) is 3. The predicted molar refractivity (Wildman–Crippen MR) is 111 cm³/mol. The van der Waals surface area contributed by atoms with Gasteiger partial charge in [-0.3, -0.25) is 9.59 Å². The van der Waals surface area contributed by atoms with Crippen LogP contribution >= 0.6 is 31.9 Å². The van der Waals surface area contributed by atoms with Crippen molar-refractivity contribution in [2.75, 3.05) is 17.7 Å². The third-order valence-electron chi connectivity index (χ3n) is 3.39. The molecule has 0 unspecified atom stereocenters. The highest BCUT2D eigenvalue weighted by Crippen LogP contribution is 2.33. The first-order valence-electron chi connectivity index (χ1n) is 7.85. The monoisotopic (exact) mass is 480 g/mol. The van der Waals surface area contributed by atoms with Crippen molar-refractivity contribution in [3.8, 4) is 5.75 Å². The molecule has 0 saturated carbocycles. The lowest BCUT2D eigenvalue weighted by molar-refractivity contribution is -0.116. The zero-order valence-electron chi connectivity index (χ0n) is 14.3. The van der Waals surface area contributed by atoms with Gasteiger partial charge in [0.1, 0.15) is 5.75 Å². The molecule has 2 rings (SSSR count). The van der Waals surface area contributed by atoms with Crippen LogP contribution in [0.5, 0.6) is 5.75 Å². The molecular formula is C19H18Br2N2O3. The first kappa shape index (κ1) is 20.2. The number of carbonyl (C=O) groups excluding carboxylic acids is 2. The predicted octanol–water partition coefficient (Wildman–Crippen LogP) is 5.22. The van der Waals surface area contributed by atoms with E-state index in [-0.39, 0.29) is 11.8 Å². The summed E-state index contributed by atoms with van der Waals surface area (Å²) in [7, 11) is 1.57. The topological polar surface area (TPSA) is 67.4 Å². The highest BCUT2D eigenvalue weighted by molar-refractivity contribution is 9.11. The summed E-state index contributed by atoms with van der Waals surface area (Å²) < 4.78 is 7.01. The third kappa shape index (κ3) is 5.71. The maximum absolute atomic E-state index is 12.2. The van der Waals surface area contributed by atoms with E-state index < -0.39 is 0 Å². The molecule has 0 aromatic heterocycles. The van der Waals surface area contributed by atoms with E-state index in [1.54, 1.807) is 44.4 Å². The highest BCUT2D eigenvalue weighted by atomic mass is 79.9. The number of amides is 2. The summed E-state index contributed by atoms with van der Waals surface area (Å²) in [6.45, 7) is 1.78. The normalized spacial score (nSPS) is 10.6. The van der Waals surface area contributed by atoms with Crippen molar-refractivity contribution in [1.82, 2.24) is 0 Å². The van der Waals surface area contributed by atoms with Crippen LogP contribution in [-0.2, 0) is 9.59 Å². The maximum Gasteiger partial charge on any atom is 0.248 e. The van der Waals surface area contributed by atoms with Crippen LogP contribution < -0.4 is 15.4 Å². The van der Waals surface area contributed by atoms with E-state index in [1.807, 2.05) is 12.1 Å². The molecule has 0 bridgehead atoms. The quantitative estimate of drug-likeness (QED) is 0.555. The number of ether oxygens (including phenoxy) is 1. The van der Waals surface area contributed by atoms with E-state index in [9.17, 15) is 9.59 Å². The van der Waals surface area contributed by atoms with Gasteiger partial charge in [0.2, 0.25) is 11.8 Å². The molecule has 136 valence electrons. The Morgan fingerprint density at radius 2 is 1.81 bits per heavy atom. The number of nitrogens with one attached hydrogen (secondary N) is 2. The van der Waals surface area contributed by atoms with Gasteiger partial charge >= 0.3 is 0 Å². The van der Waals surface area contributed by atoms with Crippen LogP contribution in [0.2, 0.25) is 0 Å². The van der Waals surface area contributed by atoms with Gasteiger partial charge in [-0.25, -0.2) is 0 Å². The molecular weight excluding hydrogens is 464 g/mol. The minimum Gasteiger partial charge on any atom is -0.495 e. The summed E-state index contributed by atoms with van der Waals surface area (Å²) in [4.78, 5) is 23.7. The second-order valence-corrected chi connectivity index (χ2v) is 7.09. The molecule has 5 nitrogen and oxygen atoms in total. The van der Waals surface area contributed by atoms with E-state index in [4.69, 9.17) is 4.74 Å². The number of hydrogen-bond donors (Lipinski definition) is 2. The molecule has 0 radical (unpaired) electrons. The second kappa shape index (κ2) is 9.54. The molecule has 0 aliphatic carbocycles. The van der Waals surface area contributed by atoms with Crippen LogP contribution in [0.3, 0.4) is 0 Å². The molecule has 2 amide bonds.